The molecule has 1 aromatic heterocycles. The number of nitrogens with zero attached hydrogens (tertiary/aromatic N) is 6. The summed E-state index contributed by atoms with van der Waals surface area (Å²) < 4.78 is 11.3. The van der Waals surface area contributed by atoms with Gasteiger partial charge in [0.15, 0.2) is 11.5 Å². The van der Waals surface area contributed by atoms with E-state index in [2.05, 4.69) is 21.5 Å². The number of likely N-dealkylation sites (N-methyl/N-ethyl adjacent to an activating group) is 1. The van der Waals surface area contributed by atoms with Gasteiger partial charge in [0.25, 0.3) is 0 Å². The van der Waals surface area contributed by atoms with E-state index in [0.29, 0.717) is 43.6 Å². The molecule has 0 amide bonds. The summed E-state index contributed by atoms with van der Waals surface area (Å²) in [7, 11) is 3.40. The molecule has 0 saturated carbocycles. The van der Waals surface area contributed by atoms with E-state index < -0.39 is 0 Å². The Morgan fingerprint density at radius 1 is 1.12 bits per heavy atom. The molecule has 2 aromatic carbocycles. The number of hydrogen-bond donors (Lipinski definition) is 0. The second kappa shape index (κ2) is 8.81. The fourth-order valence-electron chi connectivity index (χ4n) is 4.95. The molecule has 34 heavy (non-hydrogen) atoms. The van der Waals surface area contributed by atoms with E-state index in [-0.39, 0.29) is 16.6 Å². The van der Waals surface area contributed by atoms with E-state index in [9.17, 15) is 5.21 Å². The monoisotopic (exact) mass is 462 g/mol. The van der Waals surface area contributed by atoms with Crippen LogP contribution < -0.4 is 9.47 Å². The molecule has 1 fully saturated rings. The zero-order chi connectivity index (χ0) is 23.9. The highest BCUT2D eigenvalue weighted by atomic mass is 16.5. The molecular weight excluding hydrogens is 432 g/mol. The van der Waals surface area contributed by atoms with Gasteiger partial charge >= 0.3 is 0 Å². The first kappa shape index (κ1) is 22.5. The van der Waals surface area contributed by atoms with Crippen molar-refractivity contribution in [2.24, 2.45) is 4.99 Å². The number of methoxy groups -OCH3 is 1. The number of fused-ring (bicyclic) bond motifs is 3. The van der Waals surface area contributed by atoms with E-state index in [4.69, 9.17) is 14.5 Å². The number of aromatic nitrogens is 4. The number of aryl methyl sites for hydroxylation is 1. The third-order valence-electron chi connectivity index (χ3n) is 6.68. The third-order valence-corrected chi connectivity index (χ3v) is 6.68. The Labute approximate surface area is 199 Å². The summed E-state index contributed by atoms with van der Waals surface area (Å²) in [6.07, 6.45) is 0.756. The zero-order valence-corrected chi connectivity index (χ0v) is 20.1. The highest BCUT2D eigenvalue weighted by molar-refractivity contribution is 6.15. The second-order valence-electron chi connectivity index (χ2n) is 9.05. The molecule has 2 aliphatic rings. The van der Waals surface area contributed by atoms with Gasteiger partial charge in [0, 0.05) is 23.1 Å². The van der Waals surface area contributed by atoms with Gasteiger partial charge in [-0.1, -0.05) is 24.3 Å². The van der Waals surface area contributed by atoms with Crippen LogP contribution in [0.25, 0.3) is 11.4 Å². The summed E-state index contributed by atoms with van der Waals surface area (Å²) >= 11 is 0. The van der Waals surface area contributed by atoms with Gasteiger partial charge < -0.3 is 19.3 Å². The number of aliphatic imine (C=N–C) groups is 1. The lowest BCUT2D eigenvalue weighted by molar-refractivity contribution is -0.867. The van der Waals surface area contributed by atoms with Crippen LogP contribution in [0.3, 0.4) is 0 Å². The number of piperidine rings is 1. The number of hydrogen-bond acceptors (Lipinski definition) is 7. The van der Waals surface area contributed by atoms with Crippen LogP contribution in [0.1, 0.15) is 42.9 Å². The third kappa shape index (κ3) is 4.05. The molecule has 0 N–H and O–H groups in total. The number of benzene rings is 2. The van der Waals surface area contributed by atoms with Crippen molar-refractivity contribution in [1.29, 1.82) is 0 Å². The predicted molar refractivity (Wildman–Crippen MR) is 129 cm³/mol. The Hall–Kier alpha value is -3.30. The van der Waals surface area contributed by atoms with Crippen LogP contribution in [-0.2, 0) is 6.54 Å². The number of tetrazole rings is 1. The molecule has 9 heteroatoms. The van der Waals surface area contributed by atoms with Crippen molar-refractivity contribution < 1.29 is 14.1 Å². The number of rotatable bonds is 6. The quantitative estimate of drug-likeness (QED) is 0.411. The van der Waals surface area contributed by atoms with Crippen LogP contribution >= 0.6 is 0 Å². The van der Waals surface area contributed by atoms with Crippen LogP contribution in [-0.4, -0.2) is 70.5 Å². The summed E-state index contributed by atoms with van der Waals surface area (Å²) in [5, 5.41) is 25.5. The summed E-state index contributed by atoms with van der Waals surface area (Å²) in [6.45, 7) is 6.22. The molecular formula is C25H30N6O3. The second-order valence-corrected chi connectivity index (χ2v) is 9.05. The zero-order valence-electron chi connectivity index (χ0n) is 20.1. The smallest absolute Gasteiger partial charge is 0.204 e. The lowest BCUT2D eigenvalue weighted by Crippen LogP contribution is -2.51. The van der Waals surface area contributed by atoms with Crippen molar-refractivity contribution in [3.8, 4) is 22.9 Å². The van der Waals surface area contributed by atoms with Gasteiger partial charge in [-0.2, -0.15) is 4.80 Å². The van der Waals surface area contributed by atoms with Crippen molar-refractivity contribution >= 4 is 5.71 Å². The molecule has 0 spiro atoms. The lowest BCUT2D eigenvalue weighted by atomic mass is 9.78. The van der Waals surface area contributed by atoms with Crippen LogP contribution in [0.4, 0.5) is 0 Å². The van der Waals surface area contributed by atoms with E-state index in [1.54, 1.807) is 19.0 Å². The number of hydroxylamine groups is 3. The maximum atomic E-state index is 12.9. The molecule has 0 bridgehead atoms. The molecule has 2 aliphatic heterocycles. The van der Waals surface area contributed by atoms with Crippen molar-refractivity contribution in [2.45, 2.75) is 38.8 Å². The Bertz CT molecular complexity index is 1220. The molecule has 5 rings (SSSR count). The minimum absolute atomic E-state index is 0.0488. The van der Waals surface area contributed by atoms with Crippen molar-refractivity contribution in [1.82, 2.24) is 20.2 Å². The van der Waals surface area contributed by atoms with Crippen LogP contribution in [0.15, 0.2) is 41.4 Å². The highest BCUT2D eigenvalue weighted by Crippen LogP contribution is 2.43. The van der Waals surface area contributed by atoms with Gasteiger partial charge in [-0.3, -0.25) is 4.99 Å². The van der Waals surface area contributed by atoms with E-state index in [0.717, 1.165) is 34.4 Å². The van der Waals surface area contributed by atoms with Crippen LogP contribution in [0.2, 0.25) is 0 Å². The largest absolute Gasteiger partial charge is 0.633 e. The molecule has 3 aromatic rings. The molecule has 1 saturated heterocycles. The van der Waals surface area contributed by atoms with Gasteiger partial charge in [-0.25, -0.2) is 0 Å². The highest BCUT2D eigenvalue weighted by Gasteiger charge is 2.40. The van der Waals surface area contributed by atoms with Crippen molar-refractivity contribution in [3.05, 3.63) is 58.3 Å². The molecule has 1 unspecified atom stereocenters. The van der Waals surface area contributed by atoms with Crippen LogP contribution in [0.5, 0.6) is 11.5 Å². The summed E-state index contributed by atoms with van der Waals surface area (Å²) in [5.74, 6) is 2.02. The van der Waals surface area contributed by atoms with Gasteiger partial charge in [-0.05, 0) is 36.8 Å². The summed E-state index contributed by atoms with van der Waals surface area (Å²) in [5.41, 5.74) is 4.92. The van der Waals surface area contributed by atoms with E-state index >= 15 is 0 Å². The normalized spacial score (nSPS) is 23.6. The van der Waals surface area contributed by atoms with Gasteiger partial charge in [0.1, 0.15) is 0 Å². The Balaban J connectivity index is 1.58. The number of quaternary nitrogens is 1. The van der Waals surface area contributed by atoms with Gasteiger partial charge in [0.05, 0.1) is 58.1 Å². The molecule has 0 radical (unpaired) electrons. The first-order valence-corrected chi connectivity index (χ1v) is 11.8. The van der Waals surface area contributed by atoms with Gasteiger partial charge in [0.2, 0.25) is 5.82 Å². The predicted octanol–water partition coefficient (Wildman–Crippen LogP) is 3.42. The van der Waals surface area contributed by atoms with E-state index in [1.807, 2.05) is 44.2 Å². The Morgan fingerprint density at radius 2 is 1.88 bits per heavy atom. The maximum absolute atomic E-state index is 12.9. The summed E-state index contributed by atoms with van der Waals surface area (Å²) in [4.78, 5) is 6.74. The molecule has 3 heterocycles. The average Bonchev–Trinajstić information content (AvgIpc) is 3.33. The topological polar surface area (TPSA) is 97.5 Å². The molecule has 178 valence electrons. The Kier molecular flexibility index (Phi) is 5.83. The standard InChI is InChI=1S/C25H30N6O3/c1-5-30-28-25(27-29-30)17-9-7-16(8-10-17)24-19-14-22(33-4)23(34-6-2)13-18(19)20-15-31(3,32)12-11-21(20)26-24/h7-10,13-14,20-21H,5-6,11-12,15H2,1-4H3/t20-,21-,31?/m0/s1. The molecule has 9 nitrogen and oxygen atoms in total. The first-order valence-electron chi connectivity index (χ1n) is 11.8. The fraction of sp³-hybridized carbons (Fsp3) is 0.440. The minimum Gasteiger partial charge on any atom is -0.633 e. The number of ether oxygens (including phenoxy) is 2. The van der Waals surface area contributed by atoms with Crippen molar-refractivity contribution in [2.75, 3.05) is 33.9 Å². The fourth-order valence-corrected chi connectivity index (χ4v) is 4.95. The van der Waals surface area contributed by atoms with Crippen molar-refractivity contribution in [3.63, 3.8) is 0 Å². The van der Waals surface area contributed by atoms with Gasteiger partial charge in [-0.15, -0.1) is 10.2 Å². The van der Waals surface area contributed by atoms with Crippen LogP contribution in [0, 0.1) is 5.21 Å². The first-order chi connectivity index (χ1) is 16.4. The minimum atomic E-state index is -0.248. The maximum Gasteiger partial charge on any atom is 0.204 e. The van der Waals surface area contributed by atoms with E-state index in [1.165, 1.54) is 0 Å². The SMILES string of the molecule is CCOc1cc2c(cc1OC)C(c1ccc(-c3nnn(CC)n3)cc1)=N[C@H]1CC[N+](C)([O-])C[C@@H]21. The lowest BCUT2D eigenvalue weighted by Gasteiger charge is -2.48. The Morgan fingerprint density at radius 3 is 2.56 bits per heavy atom. The molecule has 0 aliphatic carbocycles. The molecule has 3 atom stereocenters. The summed E-state index contributed by atoms with van der Waals surface area (Å²) in [6, 6.07) is 12.2. The number of likely N-dealkylation sites (tertiary alicyclic amines) is 1. The average molecular weight is 463 g/mol.